The van der Waals surface area contributed by atoms with Crippen molar-refractivity contribution in [1.29, 1.82) is 0 Å². The van der Waals surface area contributed by atoms with E-state index in [0.29, 0.717) is 25.1 Å². The summed E-state index contributed by atoms with van der Waals surface area (Å²) in [6.45, 7) is 0.489. The van der Waals surface area contributed by atoms with Gasteiger partial charge in [-0.1, -0.05) is 24.3 Å². The van der Waals surface area contributed by atoms with Crippen LogP contribution in [0.3, 0.4) is 0 Å². The highest BCUT2D eigenvalue weighted by Crippen LogP contribution is 2.31. The summed E-state index contributed by atoms with van der Waals surface area (Å²) >= 11 is 1.36. The van der Waals surface area contributed by atoms with E-state index in [-0.39, 0.29) is 17.7 Å². The third-order valence-electron chi connectivity index (χ3n) is 5.87. The number of hydrogen-bond acceptors (Lipinski definition) is 5. The first-order chi connectivity index (χ1) is 14.1. The van der Waals surface area contributed by atoms with Gasteiger partial charge in [0.25, 0.3) is 5.91 Å². The van der Waals surface area contributed by atoms with Crippen molar-refractivity contribution < 1.29 is 19.1 Å². The third kappa shape index (κ3) is 3.83. The molecule has 3 aliphatic rings. The average Bonchev–Trinajstić information content (AvgIpc) is 3.27. The molecule has 29 heavy (non-hydrogen) atoms. The molecule has 1 aromatic carbocycles. The molecule has 0 spiro atoms. The number of amides is 2. The minimum Gasteiger partial charge on any atom is -0.467 e. The summed E-state index contributed by atoms with van der Waals surface area (Å²) in [6, 6.07) is 7.63. The maximum Gasteiger partial charge on any atom is 0.328 e. The molecule has 0 aromatic heterocycles. The summed E-state index contributed by atoms with van der Waals surface area (Å²) in [5, 5.41) is 3.50. The number of rotatable bonds is 3. The van der Waals surface area contributed by atoms with E-state index < -0.39 is 12.0 Å². The molecule has 0 radical (unpaired) electrons. The molecule has 7 heteroatoms. The Kier molecular flexibility index (Phi) is 5.76. The predicted molar refractivity (Wildman–Crippen MR) is 110 cm³/mol. The molecule has 1 aromatic rings. The van der Waals surface area contributed by atoms with E-state index in [9.17, 15) is 14.4 Å². The van der Waals surface area contributed by atoms with Crippen LogP contribution in [0.2, 0.25) is 0 Å². The van der Waals surface area contributed by atoms with E-state index in [1.807, 2.05) is 12.1 Å². The van der Waals surface area contributed by atoms with Gasteiger partial charge in [-0.3, -0.25) is 14.5 Å². The number of methoxy groups -OCH3 is 1. The van der Waals surface area contributed by atoms with Crippen LogP contribution < -0.4 is 0 Å². The van der Waals surface area contributed by atoms with Crippen LogP contribution in [-0.4, -0.2) is 47.3 Å². The van der Waals surface area contributed by atoms with Gasteiger partial charge in [0, 0.05) is 24.1 Å². The van der Waals surface area contributed by atoms with Gasteiger partial charge in [-0.25, -0.2) is 4.79 Å². The van der Waals surface area contributed by atoms with Gasteiger partial charge >= 0.3 is 5.97 Å². The molecule has 0 saturated carbocycles. The van der Waals surface area contributed by atoms with Crippen molar-refractivity contribution in [3.8, 4) is 0 Å². The number of ether oxygens (including phenoxy) is 1. The number of benzene rings is 1. The minimum atomic E-state index is -0.581. The summed E-state index contributed by atoms with van der Waals surface area (Å²) in [4.78, 5) is 41.6. The molecule has 2 aliphatic heterocycles. The maximum absolute atomic E-state index is 13.3. The second kappa shape index (κ2) is 8.45. The van der Waals surface area contributed by atoms with E-state index in [2.05, 4.69) is 12.1 Å². The number of esters is 1. The van der Waals surface area contributed by atoms with Crippen molar-refractivity contribution in [2.75, 3.05) is 13.7 Å². The predicted octanol–water partition coefficient (Wildman–Crippen LogP) is 2.84. The first-order valence-electron chi connectivity index (χ1n) is 9.91. The molecule has 4 rings (SSSR count). The Bertz CT molecular complexity index is 895. The maximum atomic E-state index is 13.3. The number of hydrogen-bond donors (Lipinski definition) is 0. The second-order valence-corrected chi connectivity index (χ2v) is 8.30. The minimum absolute atomic E-state index is 0.0653. The lowest BCUT2D eigenvalue weighted by atomic mass is 9.83. The van der Waals surface area contributed by atoms with Crippen LogP contribution in [-0.2, 0) is 32.0 Å². The molecule has 6 nitrogen and oxygen atoms in total. The highest BCUT2D eigenvalue weighted by atomic mass is 32.2. The van der Waals surface area contributed by atoms with Crippen molar-refractivity contribution >= 4 is 29.5 Å². The molecule has 1 fully saturated rings. The topological polar surface area (TPSA) is 66.9 Å². The zero-order chi connectivity index (χ0) is 20.4. The van der Waals surface area contributed by atoms with Crippen LogP contribution in [0.15, 0.2) is 47.0 Å². The van der Waals surface area contributed by atoms with Gasteiger partial charge < -0.3 is 9.64 Å². The van der Waals surface area contributed by atoms with Gasteiger partial charge in [0.1, 0.15) is 11.7 Å². The molecule has 1 unspecified atom stereocenters. The lowest BCUT2D eigenvalue weighted by molar-refractivity contribution is -0.150. The van der Waals surface area contributed by atoms with Crippen molar-refractivity contribution in [2.45, 2.75) is 38.1 Å². The Labute approximate surface area is 174 Å². The Hall–Kier alpha value is -2.54. The van der Waals surface area contributed by atoms with Gasteiger partial charge in [-0.05, 0) is 48.6 Å². The smallest absolute Gasteiger partial charge is 0.328 e. The summed E-state index contributed by atoms with van der Waals surface area (Å²) in [5.41, 5.74) is 2.82. The average molecular weight is 413 g/mol. The Morgan fingerprint density at radius 1 is 1.14 bits per heavy atom. The zero-order valence-electron chi connectivity index (χ0n) is 16.4. The van der Waals surface area contributed by atoms with Gasteiger partial charge in [-0.15, -0.1) is 11.8 Å². The van der Waals surface area contributed by atoms with Gasteiger partial charge in [0.2, 0.25) is 5.91 Å². The monoisotopic (exact) mass is 412 g/mol. The highest BCUT2D eigenvalue weighted by molar-refractivity contribution is 8.05. The van der Waals surface area contributed by atoms with Gasteiger partial charge in [0.15, 0.2) is 0 Å². The van der Waals surface area contributed by atoms with Crippen molar-refractivity contribution in [3.63, 3.8) is 0 Å². The van der Waals surface area contributed by atoms with E-state index in [1.54, 1.807) is 17.0 Å². The normalized spacial score (nSPS) is 23.4. The lowest BCUT2D eigenvalue weighted by Gasteiger charge is -2.32. The number of carbonyl (C=O) groups excluding carboxylic acids is 3. The summed E-state index contributed by atoms with van der Waals surface area (Å²) in [6.07, 6.45) is 5.31. The molecule has 0 N–H and O–H groups in total. The number of fused-ring (bicyclic) bond motifs is 1. The van der Waals surface area contributed by atoms with E-state index in [4.69, 9.17) is 4.74 Å². The molecule has 2 heterocycles. The molecule has 152 valence electrons. The standard InChI is InChI=1S/C22H24N2O4S/c1-28-22(27)18-7-4-10-23(18)21(26)19-14-29-12-11-24(19)20(25)17-9-8-15-5-2-3-6-16(15)13-17/h2-3,5-6,11-12,14,17-18H,4,7-10,13H2,1H3/t17?,18-/m0/s1. The van der Waals surface area contributed by atoms with Crippen molar-refractivity contribution in [1.82, 2.24) is 9.80 Å². The molecule has 1 saturated heterocycles. The largest absolute Gasteiger partial charge is 0.467 e. The number of likely N-dealkylation sites (tertiary alicyclic amines) is 1. The SMILES string of the molecule is COC(=O)[C@@H]1CCCN1C(=O)C1=CSC=CN1C(=O)C1CCc2ccccc2C1. The number of nitrogens with zero attached hydrogens (tertiary/aromatic N) is 2. The molecule has 1 aliphatic carbocycles. The lowest BCUT2D eigenvalue weighted by Crippen LogP contribution is -2.46. The first-order valence-corrected chi connectivity index (χ1v) is 10.9. The zero-order valence-corrected chi connectivity index (χ0v) is 17.2. The quantitative estimate of drug-likeness (QED) is 0.715. The molecular formula is C22H24N2O4S. The van der Waals surface area contributed by atoms with Crippen LogP contribution in [0.25, 0.3) is 0 Å². The Morgan fingerprint density at radius 2 is 1.93 bits per heavy atom. The van der Waals surface area contributed by atoms with Gasteiger partial charge in [-0.2, -0.15) is 0 Å². The van der Waals surface area contributed by atoms with Crippen molar-refractivity contribution in [3.05, 3.63) is 58.1 Å². The number of carbonyl (C=O) groups is 3. The van der Waals surface area contributed by atoms with Crippen LogP contribution >= 0.6 is 11.8 Å². The van der Waals surface area contributed by atoms with Crippen LogP contribution in [0.4, 0.5) is 0 Å². The Balaban J connectivity index is 1.52. The second-order valence-electron chi connectivity index (χ2n) is 7.52. The fourth-order valence-electron chi connectivity index (χ4n) is 4.33. The van der Waals surface area contributed by atoms with E-state index >= 15 is 0 Å². The van der Waals surface area contributed by atoms with Gasteiger partial charge in [0.05, 0.1) is 7.11 Å². The highest BCUT2D eigenvalue weighted by Gasteiger charge is 2.39. The fourth-order valence-corrected chi connectivity index (χ4v) is 4.94. The van der Waals surface area contributed by atoms with Crippen LogP contribution in [0.1, 0.15) is 30.4 Å². The number of aryl methyl sites for hydroxylation is 1. The number of thioether (sulfide) groups is 1. The Morgan fingerprint density at radius 3 is 2.72 bits per heavy atom. The molecule has 2 atom stereocenters. The van der Waals surface area contributed by atoms with Crippen LogP contribution in [0, 0.1) is 5.92 Å². The fraction of sp³-hybridized carbons (Fsp3) is 0.409. The summed E-state index contributed by atoms with van der Waals surface area (Å²) in [5.74, 6) is -0.926. The van der Waals surface area contributed by atoms with E-state index in [0.717, 1.165) is 19.3 Å². The summed E-state index contributed by atoms with van der Waals surface area (Å²) < 4.78 is 4.85. The molecule has 0 bridgehead atoms. The van der Waals surface area contributed by atoms with Crippen LogP contribution in [0.5, 0.6) is 0 Å². The first kappa shape index (κ1) is 19.8. The third-order valence-corrected chi connectivity index (χ3v) is 6.51. The van der Waals surface area contributed by atoms with Crippen molar-refractivity contribution in [2.24, 2.45) is 5.92 Å². The molecular weight excluding hydrogens is 388 g/mol. The summed E-state index contributed by atoms with van der Waals surface area (Å²) in [7, 11) is 1.33. The van der Waals surface area contributed by atoms with E-state index in [1.165, 1.54) is 39.8 Å². The molecule has 2 amide bonds.